The lowest BCUT2D eigenvalue weighted by atomic mass is 10.1. The SMILES string of the molecule is O=C1c2ccccc2CC1OCc1ccccc1. The van der Waals surface area contributed by atoms with E-state index in [1.807, 2.05) is 54.6 Å². The third kappa shape index (κ3) is 2.07. The van der Waals surface area contributed by atoms with Gasteiger partial charge in [-0.2, -0.15) is 0 Å². The minimum absolute atomic E-state index is 0.113. The maximum atomic E-state index is 12.1. The Kier molecular flexibility index (Phi) is 2.95. The van der Waals surface area contributed by atoms with Gasteiger partial charge >= 0.3 is 0 Å². The Morgan fingerprint density at radius 3 is 2.50 bits per heavy atom. The molecular formula is C16H14O2. The van der Waals surface area contributed by atoms with Crippen LogP contribution in [-0.4, -0.2) is 11.9 Å². The molecule has 90 valence electrons. The minimum Gasteiger partial charge on any atom is -0.365 e. The highest BCUT2D eigenvalue weighted by Crippen LogP contribution is 2.24. The second-order valence-electron chi connectivity index (χ2n) is 4.51. The topological polar surface area (TPSA) is 26.3 Å². The fraction of sp³-hybridized carbons (Fsp3) is 0.188. The molecular weight excluding hydrogens is 224 g/mol. The fourth-order valence-corrected chi connectivity index (χ4v) is 2.31. The van der Waals surface area contributed by atoms with E-state index in [-0.39, 0.29) is 11.9 Å². The molecule has 0 aromatic heterocycles. The first-order valence-corrected chi connectivity index (χ1v) is 6.12. The molecule has 1 unspecified atom stereocenters. The zero-order chi connectivity index (χ0) is 12.4. The van der Waals surface area contributed by atoms with E-state index < -0.39 is 0 Å². The van der Waals surface area contributed by atoms with Gasteiger partial charge in [0.1, 0.15) is 6.10 Å². The van der Waals surface area contributed by atoms with Crippen LogP contribution in [0.15, 0.2) is 54.6 Å². The molecule has 2 heteroatoms. The van der Waals surface area contributed by atoms with Crippen LogP contribution in [0.2, 0.25) is 0 Å². The Hall–Kier alpha value is -1.93. The van der Waals surface area contributed by atoms with E-state index in [9.17, 15) is 4.79 Å². The van der Waals surface area contributed by atoms with Crippen LogP contribution >= 0.6 is 0 Å². The molecule has 1 aliphatic carbocycles. The van der Waals surface area contributed by atoms with Gasteiger partial charge in [0.15, 0.2) is 5.78 Å². The van der Waals surface area contributed by atoms with Crippen molar-refractivity contribution in [3.63, 3.8) is 0 Å². The van der Waals surface area contributed by atoms with Gasteiger partial charge in [-0.15, -0.1) is 0 Å². The summed E-state index contributed by atoms with van der Waals surface area (Å²) in [5, 5.41) is 0. The molecule has 2 nitrogen and oxygen atoms in total. The van der Waals surface area contributed by atoms with E-state index in [0.717, 1.165) is 16.7 Å². The Balaban J connectivity index is 1.68. The van der Waals surface area contributed by atoms with E-state index in [2.05, 4.69) is 0 Å². The van der Waals surface area contributed by atoms with Gasteiger partial charge < -0.3 is 4.74 Å². The first-order valence-electron chi connectivity index (χ1n) is 6.12. The number of rotatable bonds is 3. The predicted octanol–water partition coefficient (Wildman–Crippen LogP) is 3.01. The average Bonchev–Trinajstić information content (AvgIpc) is 2.75. The van der Waals surface area contributed by atoms with Crippen LogP contribution in [0.4, 0.5) is 0 Å². The van der Waals surface area contributed by atoms with Gasteiger partial charge in [0.2, 0.25) is 0 Å². The lowest BCUT2D eigenvalue weighted by Crippen LogP contribution is -2.19. The Bertz CT molecular complexity index is 560. The molecule has 0 saturated heterocycles. The highest BCUT2D eigenvalue weighted by atomic mass is 16.5. The molecule has 1 aliphatic rings. The second kappa shape index (κ2) is 4.75. The summed E-state index contributed by atoms with van der Waals surface area (Å²) in [6.45, 7) is 0.491. The van der Waals surface area contributed by atoms with Crippen LogP contribution in [0.3, 0.4) is 0 Å². The largest absolute Gasteiger partial charge is 0.365 e. The van der Waals surface area contributed by atoms with E-state index >= 15 is 0 Å². The number of Topliss-reactive ketones (excluding diaryl/α,β-unsaturated/α-hetero) is 1. The third-order valence-corrected chi connectivity index (χ3v) is 3.27. The number of hydrogen-bond donors (Lipinski definition) is 0. The summed E-state index contributed by atoms with van der Waals surface area (Å²) >= 11 is 0. The maximum absolute atomic E-state index is 12.1. The predicted molar refractivity (Wildman–Crippen MR) is 69.5 cm³/mol. The van der Waals surface area contributed by atoms with Crippen LogP contribution in [-0.2, 0) is 17.8 Å². The highest BCUT2D eigenvalue weighted by Gasteiger charge is 2.30. The van der Waals surface area contributed by atoms with Gasteiger partial charge in [-0.05, 0) is 11.1 Å². The van der Waals surface area contributed by atoms with Crippen molar-refractivity contribution >= 4 is 5.78 Å². The summed E-state index contributed by atoms with van der Waals surface area (Å²) in [6.07, 6.45) is 0.379. The van der Waals surface area contributed by atoms with Crippen LogP contribution in [0.25, 0.3) is 0 Å². The molecule has 0 fully saturated rings. The number of fused-ring (bicyclic) bond motifs is 1. The molecule has 0 spiro atoms. The van der Waals surface area contributed by atoms with Crippen molar-refractivity contribution in [2.75, 3.05) is 0 Å². The Morgan fingerprint density at radius 2 is 1.72 bits per heavy atom. The van der Waals surface area contributed by atoms with Gasteiger partial charge in [0.25, 0.3) is 0 Å². The van der Waals surface area contributed by atoms with Gasteiger partial charge in [0.05, 0.1) is 6.61 Å². The monoisotopic (exact) mass is 238 g/mol. The fourth-order valence-electron chi connectivity index (χ4n) is 2.31. The maximum Gasteiger partial charge on any atom is 0.192 e. The molecule has 0 N–H and O–H groups in total. The van der Waals surface area contributed by atoms with Crippen molar-refractivity contribution in [3.8, 4) is 0 Å². The van der Waals surface area contributed by atoms with E-state index in [1.54, 1.807) is 0 Å². The smallest absolute Gasteiger partial charge is 0.192 e. The number of ketones is 1. The standard InChI is InChI=1S/C16H14O2/c17-16-14-9-5-4-8-13(14)10-15(16)18-11-12-6-2-1-3-7-12/h1-9,15H,10-11H2. The summed E-state index contributed by atoms with van der Waals surface area (Å²) in [7, 11) is 0. The first-order chi connectivity index (χ1) is 8.84. The van der Waals surface area contributed by atoms with Gasteiger partial charge in [0, 0.05) is 12.0 Å². The van der Waals surface area contributed by atoms with E-state index in [0.29, 0.717) is 13.0 Å². The molecule has 0 saturated carbocycles. The van der Waals surface area contributed by atoms with Crippen molar-refractivity contribution in [1.82, 2.24) is 0 Å². The van der Waals surface area contributed by atoms with Gasteiger partial charge in [-0.3, -0.25) is 4.79 Å². The average molecular weight is 238 g/mol. The second-order valence-corrected chi connectivity index (χ2v) is 4.51. The quantitative estimate of drug-likeness (QED) is 0.821. The van der Waals surface area contributed by atoms with Crippen molar-refractivity contribution in [2.24, 2.45) is 0 Å². The van der Waals surface area contributed by atoms with E-state index in [4.69, 9.17) is 4.74 Å². The first kappa shape index (κ1) is 11.2. The van der Waals surface area contributed by atoms with Crippen LogP contribution in [0.1, 0.15) is 21.5 Å². The van der Waals surface area contributed by atoms with Crippen molar-refractivity contribution in [3.05, 3.63) is 71.3 Å². The van der Waals surface area contributed by atoms with Crippen molar-refractivity contribution in [1.29, 1.82) is 0 Å². The zero-order valence-corrected chi connectivity index (χ0v) is 10.0. The molecule has 0 bridgehead atoms. The summed E-state index contributed by atoms with van der Waals surface area (Å²) in [5.74, 6) is 0.113. The summed E-state index contributed by atoms with van der Waals surface area (Å²) in [4.78, 5) is 12.1. The molecule has 2 aromatic rings. The number of benzene rings is 2. The summed E-state index contributed by atoms with van der Waals surface area (Å²) in [5.41, 5.74) is 3.01. The molecule has 0 aliphatic heterocycles. The molecule has 18 heavy (non-hydrogen) atoms. The highest BCUT2D eigenvalue weighted by molar-refractivity contribution is 6.03. The molecule has 2 aromatic carbocycles. The Labute approximate surface area is 106 Å². The lowest BCUT2D eigenvalue weighted by Gasteiger charge is -2.09. The molecule has 0 heterocycles. The number of ether oxygens (including phenoxy) is 1. The van der Waals surface area contributed by atoms with E-state index in [1.165, 1.54) is 0 Å². The van der Waals surface area contributed by atoms with Crippen LogP contribution < -0.4 is 0 Å². The van der Waals surface area contributed by atoms with Crippen molar-refractivity contribution < 1.29 is 9.53 Å². The summed E-state index contributed by atoms with van der Waals surface area (Å²) < 4.78 is 5.73. The molecule has 3 rings (SSSR count). The van der Waals surface area contributed by atoms with Crippen molar-refractivity contribution in [2.45, 2.75) is 19.1 Å². The molecule has 0 radical (unpaired) electrons. The van der Waals surface area contributed by atoms with Gasteiger partial charge in [-0.25, -0.2) is 0 Å². The summed E-state index contributed by atoms with van der Waals surface area (Å²) in [6, 6.07) is 17.7. The number of carbonyl (C=O) groups excluding carboxylic acids is 1. The molecule has 1 atom stereocenters. The lowest BCUT2D eigenvalue weighted by molar-refractivity contribution is 0.0385. The minimum atomic E-state index is -0.317. The normalized spacial score (nSPS) is 17.8. The zero-order valence-electron chi connectivity index (χ0n) is 10.0. The van der Waals surface area contributed by atoms with Gasteiger partial charge in [-0.1, -0.05) is 54.6 Å². The number of carbonyl (C=O) groups is 1. The molecule has 0 amide bonds. The van der Waals surface area contributed by atoms with Crippen LogP contribution in [0.5, 0.6) is 0 Å². The Morgan fingerprint density at radius 1 is 1.00 bits per heavy atom. The van der Waals surface area contributed by atoms with Crippen LogP contribution in [0, 0.1) is 0 Å². The number of hydrogen-bond acceptors (Lipinski definition) is 2. The third-order valence-electron chi connectivity index (χ3n) is 3.27.